The molecular formula is C19H15N5O2S. The molecule has 0 fully saturated rings. The monoisotopic (exact) mass is 377 g/mol. The molecule has 0 aliphatic carbocycles. The quantitative estimate of drug-likeness (QED) is 0.543. The van der Waals surface area contributed by atoms with Crippen LogP contribution in [0, 0.1) is 29.6 Å². The van der Waals surface area contributed by atoms with Crippen LogP contribution in [0.15, 0.2) is 39.8 Å². The summed E-state index contributed by atoms with van der Waals surface area (Å²) in [6.07, 6.45) is 2.96. The Balaban J connectivity index is 1.71. The van der Waals surface area contributed by atoms with Crippen LogP contribution in [0.25, 0.3) is 16.8 Å². The SMILES string of the molecule is Cc1c(C=C(C#N)C(=O)NCc2coc(-c3cccs3)n2)cc(C#N)n1C. The third-order valence-corrected chi connectivity index (χ3v) is 4.93. The molecule has 134 valence electrons. The van der Waals surface area contributed by atoms with E-state index in [1.54, 1.807) is 17.7 Å². The number of carbonyl (C=O) groups is 1. The number of aromatic nitrogens is 2. The van der Waals surface area contributed by atoms with Gasteiger partial charge in [0.2, 0.25) is 5.89 Å². The van der Waals surface area contributed by atoms with Crippen molar-refractivity contribution >= 4 is 23.3 Å². The molecule has 3 aromatic heterocycles. The van der Waals surface area contributed by atoms with Crippen LogP contribution in [0.5, 0.6) is 0 Å². The fourth-order valence-electron chi connectivity index (χ4n) is 2.45. The van der Waals surface area contributed by atoms with E-state index in [0.717, 1.165) is 10.6 Å². The van der Waals surface area contributed by atoms with E-state index < -0.39 is 5.91 Å². The summed E-state index contributed by atoms with van der Waals surface area (Å²) < 4.78 is 7.11. The van der Waals surface area contributed by atoms with E-state index in [1.807, 2.05) is 30.5 Å². The molecule has 3 rings (SSSR count). The lowest BCUT2D eigenvalue weighted by molar-refractivity contribution is -0.117. The summed E-state index contributed by atoms with van der Waals surface area (Å²) in [5.74, 6) is -0.0193. The molecule has 0 aromatic carbocycles. The number of thiophene rings is 1. The summed E-state index contributed by atoms with van der Waals surface area (Å²) in [7, 11) is 1.76. The summed E-state index contributed by atoms with van der Waals surface area (Å²) in [6, 6.07) is 9.41. The van der Waals surface area contributed by atoms with Crippen molar-refractivity contribution in [2.45, 2.75) is 13.5 Å². The van der Waals surface area contributed by atoms with E-state index >= 15 is 0 Å². The summed E-state index contributed by atoms with van der Waals surface area (Å²) in [6.45, 7) is 1.96. The highest BCUT2D eigenvalue weighted by Crippen LogP contribution is 2.23. The Bertz CT molecular complexity index is 1090. The van der Waals surface area contributed by atoms with Gasteiger partial charge < -0.3 is 14.3 Å². The number of nitriles is 2. The second-order valence-electron chi connectivity index (χ2n) is 5.71. The van der Waals surface area contributed by atoms with Crippen LogP contribution in [0.1, 0.15) is 22.6 Å². The van der Waals surface area contributed by atoms with Crippen molar-refractivity contribution in [3.8, 4) is 22.9 Å². The van der Waals surface area contributed by atoms with E-state index in [0.29, 0.717) is 22.8 Å². The van der Waals surface area contributed by atoms with Gasteiger partial charge in [-0.1, -0.05) is 6.07 Å². The van der Waals surface area contributed by atoms with Crippen molar-refractivity contribution in [1.82, 2.24) is 14.9 Å². The van der Waals surface area contributed by atoms with Gasteiger partial charge in [0.25, 0.3) is 5.91 Å². The number of nitrogens with one attached hydrogen (secondary N) is 1. The predicted octanol–water partition coefficient (Wildman–Crippen LogP) is 3.15. The molecule has 3 heterocycles. The van der Waals surface area contributed by atoms with Gasteiger partial charge in [0, 0.05) is 12.7 Å². The summed E-state index contributed by atoms with van der Waals surface area (Å²) in [4.78, 5) is 17.6. The molecule has 3 aromatic rings. The number of hydrogen-bond donors (Lipinski definition) is 1. The standard InChI is InChI=1S/C19H15N5O2S/c1-12-13(7-16(9-21)24(12)2)6-14(8-20)18(25)22-10-15-11-26-19(23-15)17-4-3-5-27-17/h3-7,11H,10H2,1-2H3,(H,22,25). The van der Waals surface area contributed by atoms with Gasteiger partial charge in [-0.25, -0.2) is 4.98 Å². The largest absolute Gasteiger partial charge is 0.443 e. The summed E-state index contributed by atoms with van der Waals surface area (Å²) in [5, 5.41) is 23.0. The van der Waals surface area contributed by atoms with E-state index in [9.17, 15) is 10.1 Å². The molecule has 0 atom stereocenters. The molecule has 1 amide bonds. The Labute approximate surface area is 159 Å². The van der Waals surface area contributed by atoms with Crippen LogP contribution in [-0.4, -0.2) is 15.5 Å². The Morgan fingerprint density at radius 3 is 2.93 bits per heavy atom. The van der Waals surface area contributed by atoms with Crippen LogP contribution < -0.4 is 5.32 Å². The van der Waals surface area contributed by atoms with E-state index in [2.05, 4.69) is 16.4 Å². The van der Waals surface area contributed by atoms with Gasteiger partial charge in [-0.15, -0.1) is 11.3 Å². The van der Waals surface area contributed by atoms with Crippen LogP contribution in [0.3, 0.4) is 0 Å². The molecule has 0 saturated carbocycles. The van der Waals surface area contributed by atoms with Gasteiger partial charge >= 0.3 is 0 Å². The van der Waals surface area contributed by atoms with Gasteiger partial charge in [0.05, 0.1) is 17.1 Å². The van der Waals surface area contributed by atoms with Gasteiger partial charge in [-0.3, -0.25) is 4.79 Å². The van der Waals surface area contributed by atoms with Gasteiger partial charge in [-0.05, 0) is 36.1 Å². The van der Waals surface area contributed by atoms with Gasteiger partial charge in [-0.2, -0.15) is 10.5 Å². The highest BCUT2D eigenvalue weighted by Gasteiger charge is 2.14. The molecule has 0 radical (unpaired) electrons. The average Bonchev–Trinajstić information content (AvgIpc) is 3.40. The number of carbonyl (C=O) groups excluding carboxylic acids is 1. The normalized spacial score (nSPS) is 11.0. The molecule has 27 heavy (non-hydrogen) atoms. The number of hydrogen-bond acceptors (Lipinski definition) is 6. The molecule has 1 N–H and O–H groups in total. The molecule has 0 unspecified atom stereocenters. The number of oxazole rings is 1. The van der Waals surface area contributed by atoms with Crippen LogP contribution in [0.2, 0.25) is 0 Å². The number of nitrogens with zero attached hydrogens (tertiary/aromatic N) is 4. The maximum Gasteiger partial charge on any atom is 0.262 e. The Hall–Kier alpha value is -3.62. The maximum atomic E-state index is 12.3. The zero-order valence-corrected chi connectivity index (χ0v) is 15.5. The zero-order chi connectivity index (χ0) is 19.4. The highest BCUT2D eigenvalue weighted by molar-refractivity contribution is 7.13. The molecule has 0 aliphatic heterocycles. The predicted molar refractivity (Wildman–Crippen MR) is 100 cm³/mol. The van der Waals surface area contributed by atoms with Crippen molar-refractivity contribution in [2.24, 2.45) is 7.05 Å². The minimum absolute atomic E-state index is 0.0461. The maximum absolute atomic E-state index is 12.3. The van der Waals surface area contributed by atoms with Crippen LogP contribution in [0.4, 0.5) is 0 Å². The highest BCUT2D eigenvalue weighted by atomic mass is 32.1. The van der Waals surface area contributed by atoms with E-state index in [-0.39, 0.29) is 12.1 Å². The molecule has 8 heteroatoms. The molecule has 0 bridgehead atoms. The second kappa shape index (κ2) is 7.73. The van der Waals surface area contributed by atoms with Gasteiger partial charge in [0.1, 0.15) is 29.7 Å². The number of rotatable bonds is 5. The lowest BCUT2D eigenvalue weighted by atomic mass is 10.1. The first-order valence-corrected chi connectivity index (χ1v) is 8.86. The number of amides is 1. The van der Waals surface area contributed by atoms with Crippen LogP contribution in [-0.2, 0) is 18.4 Å². The van der Waals surface area contributed by atoms with Crippen molar-refractivity contribution in [2.75, 3.05) is 0 Å². The molecule has 0 aliphatic rings. The second-order valence-corrected chi connectivity index (χ2v) is 6.66. The van der Waals surface area contributed by atoms with E-state index in [4.69, 9.17) is 9.68 Å². The minimum atomic E-state index is -0.514. The van der Waals surface area contributed by atoms with Crippen LogP contribution >= 0.6 is 11.3 Å². The lowest BCUT2D eigenvalue weighted by Gasteiger charge is -2.02. The van der Waals surface area contributed by atoms with Crippen molar-refractivity contribution < 1.29 is 9.21 Å². The molecule has 7 nitrogen and oxygen atoms in total. The Morgan fingerprint density at radius 1 is 1.48 bits per heavy atom. The summed E-state index contributed by atoms with van der Waals surface area (Å²) in [5.41, 5.74) is 2.42. The molecule has 0 saturated heterocycles. The van der Waals surface area contributed by atoms with Crippen molar-refractivity contribution in [3.63, 3.8) is 0 Å². The first-order valence-electron chi connectivity index (χ1n) is 7.98. The molecular weight excluding hydrogens is 362 g/mol. The zero-order valence-electron chi connectivity index (χ0n) is 14.7. The lowest BCUT2D eigenvalue weighted by Crippen LogP contribution is -2.24. The topological polar surface area (TPSA) is 108 Å². The fraction of sp³-hybridized carbons (Fsp3) is 0.158. The van der Waals surface area contributed by atoms with E-state index in [1.165, 1.54) is 23.7 Å². The van der Waals surface area contributed by atoms with Crippen molar-refractivity contribution in [1.29, 1.82) is 10.5 Å². The molecule has 0 spiro atoms. The average molecular weight is 377 g/mol. The fourth-order valence-corrected chi connectivity index (χ4v) is 3.10. The van der Waals surface area contributed by atoms with Gasteiger partial charge in [0.15, 0.2) is 0 Å². The van der Waals surface area contributed by atoms with Crippen molar-refractivity contribution in [3.05, 3.63) is 58.1 Å². The smallest absolute Gasteiger partial charge is 0.262 e. The third kappa shape index (κ3) is 3.81. The Morgan fingerprint density at radius 2 is 2.30 bits per heavy atom. The Kier molecular flexibility index (Phi) is 5.20. The first kappa shape index (κ1) is 18.2. The third-order valence-electron chi connectivity index (χ3n) is 4.07. The minimum Gasteiger partial charge on any atom is -0.443 e. The summed E-state index contributed by atoms with van der Waals surface area (Å²) >= 11 is 1.51. The first-order chi connectivity index (χ1) is 13.0.